The molecule has 0 spiro atoms. The van der Waals surface area contributed by atoms with Crippen LogP contribution in [0.15, 0.2) is 65.6 Å². The Morgan fingerprint density at radius 3 is 2.53 bits per heavy atom. The van der Waals surface area contributed by atoms with Crippen molar-refractivity contribution in [3.63, 3.8) is 0 Å². The van der Waals surface area contributed by atoms with Crippen LogP contribution in [0.1, 0.15) is 18.4 Å². The van der Waals surface area contributed by atoms with Crippen molar-refractivity contribution in [1.29, 1.82) is 0 Å². The summed E-state index contributed by atoms with van der Waals surface area (Å²) in [6.07, 6.45) is 1.50. The Kier molecular flexibility index (Phi) is 5.35. The van der Waals surface area contributed by atoms with Crippen molar-refractivity contribution in [3.05, 3.63) is 71.2 Å². The Labute approximate surface area is 192 Å². The molecule has 2 aliphatic rings. The molecular weight excluding hydrogens is 448 g/mol. The van der Waals surface area contributed by atoms with E-state index in [0.29, 0.717) is 35.9 Å². The van der Waals surface area contributed by atoms with Gasteiger partial charge in [0.1, 0.15) is 6.54 Å². The number of benzene rings is 3. The predicted octanol–water partition coefficient (Wildman–Crippen LogP) is 3.87. The number of nitrogens with zero attached hydrogens (tertiary/aromatic N) is 1. The molecule has 166 valence electrons. The van der Waals surface area contributed by atoms with Crippen LogP contribution in [-0.2, 0) is 25.0 Å². The molecule has 8 heteroatoms. The minimum absolute atomic E-state index is 0.248. The van der Waals surface area contributed by atoms with E-state index < -0.39 is 10.0 Å². The van der Waals surface area contributed by atoms with Gasteiger partial charge in [0.05, 0.1) is 10.6 Å². The first-order valence-corrected chi connectivity index (χ1v) is 12.4. The molecule has 1 fully saturated rings. The summed E-state index contributed by atoms with van der Waals surface area (Å²) >= 11 is 6.22. The summed E-state index contributed by atoms with van der Waals surface area (Å²) in [5.74, 6) is -0.341. The summed E-state index contributed by atoms with van der Waals surface area (Å²) < 4.78 is 33.0. The Hall–Kier alpha value is -2.61. The van der Waals surface area contributed by atoms with Gasteiger partial charge in [-0.05, 0) is 48.1 Å². The van der Waals surface area contributed by atoms with Crippen LogP contribution >= 0.6 is 11.6 Å². The number of rotatable bonds is 5. The average molecular weight is 471 g/mol. The minimum Gasteiger partial charge on any atom is -0.381 e. The van der Waals surface area contributed by atoms with E-state index in [1.807, 2.05) is 42.5 Å². The summed E-state index contributed by atoms with van der Waals surface area (Å²) in [6.45, 7) is 1.32. The van der Waals surface area contributed by atoms with Crippen molar-refractivity contribution in [1.82, 2.24) is 5.32 Å². The second kappa shape index (κ2) is 8.06. The van der Waals surface area contributed by atoms with E-state index in [9.17, 15) is 13.2 Å². The number of hydrogen-bond donors (Lipinski definition) is 1. The molecule has 32 heavy (non-hydrogen) atoms. The van der Waals surface area contributed by atoms with E-state index in [-0.39, 0.29) is 22.8 Å². The second-order valence-corrected chi connectivity index (χ2v) is 10.6. The van der Waals surface area contributed by atoms with Crippen LogP contribution in [0, 0.1) is 0 Å². The second-order valence-electron chi connectivity index (χ2n) is 8.32. The van der Waals surface area contributed by atoms with Crippen LogP contribution in [-0.4, -0.2) is 40.6 Å². The molecule has 0 aliphatic carbocycles. The monoisotopic (exact) mass is 470 g/mol. The summed E-state index contributed by atoms with van der Waals surface area (Å²) in [5, 5.41) is 5.15. The third-order valence-electron chi connectivity index (χ3n) is 6.48. The van der Waals surface area contributed by atoms with E-state index in [2.05, 4.69) is 5.32 Å². The summed E-state index contributed by atoms with van der Waals surface area (Å²) in [5.41, 5.74) is 1.30. The topological polar surface area (TPSA) is 75.7 Å². The highest BCUT2D eigenvalue weighted by Gasteiger charge is 2.38. The number of ether oxygens (including phenoxy) is 1. The number of carbonyl (C=O) groups is 1. The normalized spacial score (nSPS) is 18.6. The first-order valence-electron chi connectivity index (χ1n) is 10.6. The number of nitrogens with one attached hydrogen (secondary N) is 1. The zero-order valence-electron chi connectivity index (χ0n) is 17.4. The van der Waals surface area contributed by atoms with E-state index in [1.54, 1.807) is 18.2 Å². The van der Waals surface area contributed by atoms with E-state index in [1.165, 1.54) is 4.31 Å². The van der Waals surface area contributed by atoms with Crippen molar-refractivity contribution in [2.24, 2.45) is 0 Å². The lowest BCUT2D eigenvalue weighted by molar-refractivity contribution is -0.120. The molecule has 2 aliphatic heterocycles. The molecule has 0 aromatic heterocycles. The van der Waals surface area contributed by atoms with Crippen molar-refractivity contribution in [2.45, 2.75) is 23.2 Å². The third kappa shape index (κ3) is 3.54. The third-order valence-corrected chi connectivity index (χ3v) is 8.52. The quantitative estimate of drug-likeness (QED) is 0.614. The smallest absolute Gasteiger partial charge is 0.265 e. The van der Waals surface area contributed by atoms with Crippen LogP contribution in [0.3, 0.4) is 0 Å². The van der Waals surface area contributed by atoms with Crippen LogP contribution in [0.25, 0.3) is 10.8 Å². The van der Waals surface area contributed by atoms with Gasteiger partial charge in [-0.25, -0.2) is 8.42 Å². The van der Waals surface area contributed by atoms with Gasteiger partial charge in [0.25, 0.3) is 10.0 Å². The number of amides is 1. The molecule has 3 aromatic carbocycles. The lowest BCUT2D eigenvalue weighted by Crippen LogP contribution is -2.47. The summed E-state index contributed by atoms with van der Waals surface area (Å²) in [7, 11) is -3.77. The summed E-state index contributed by atoms with van der Waals surface area (Å²) in [6, 6.07) is 18.3. The van der Waals surface area contributed by atoms with E-state index in [4.69, 9.17) is 16.3 Å². The van der Waals surface area contributed by atoms with Gasteiger partial charge >= 0.3 is 0 Å². The zero-order valence-corrected chi connectivity index (χ0v) is 19.0. The van der Waals surface area contributed by atoms with Crippen molar-refractivity contribution in [3.8, 4) is 0 Å². The highest BCUT2D eigenvalue weighted by Crippen LogP contribution is 2.42. The molecule has 0 saturated carbocycles. The highest BCUT2D eigenvalue weighted by molar-refractivity contribution is 7.93. The van der Waals surface area contributed by atoms with Crippen LogP contribution in [0.5, 0.6) is 0 Å². The number of anilines is 1. The Morgan fingerprint density at radius 2 is 1.78 bits per heavy atom. The first kappa shape index (κ1) is 21.2. The van der Waals surface area contributed by atoms with Crippen molar-refractivity contribution in [2.75, 3.05) is 30.6 Å². The number of halogens is 1. The zero-order chi connectivity index (χ0) is 22.3. The number of sulfonamides is 1. The fourth-order valence-corrected chi connectivity index (χ4v) is 6.59. The number of carbonyl (C=O) groups excluding carboxylic acids is 1. The van der Waals surface area contributed by atoms with Crippen molar-refractivity contribution >= 4 is 44.0 Å². The standard InChI is InChI=1S/C24H23ClN2O4S/c25-19-7-3-6-18(14-19)24(10-12-31-13-11-24)16-26-22(28)15-27-20-8-1-4-17-5-2-9-21(23(17)20)32(27,29)30/h1-9,14H,10-13,15-16H2,(H,26,28). The van der Waals surface area contributed by atoms with Gasteiger partial charge in [0.2, 0.25) is 5.91 Å². The van der Waals surface area contributed by atoms with E-state index in [0.717, 1.165) is 23.8 Å². The molecule has 1 N–H and O–H groups in total. The lowest BCUT2D eigenvalue weighted by Gasteiger charge is -2.38. The molecule has 0 atom stereocenters. The molecule has 0 unspecified atom stereocenters. The van der Waals surface area contributed by atoms with Crippen LogP contribution in [0.4, 0.5) is 5.69 Å². The lowest BCUT2D eigenvalue weighted by atomic mass is 9.74. The molecule has 0 bridgehead atoms. The maximum Gasteiger partial charge on any atom is 0.265 e. The largest absolute Gasteiger partial charge is 0.381 e. The van der Waals surface area contributed by atoms with Gasteiger partial charge in [-0.3, -0.25) is 9.10 Å². The van der Waals surface area contributed by atoms with Gasteiger partial charge in [-0.1, -0.05) is 48.0 Å². The van der Waals surface area contributed by atoms with Crippen LogP contribution < -0.4 is 9.62 Å². The molecule has 1 amide bonds. The van der Waals surface area contributed by atoms with Gasteiger partial charge in [-0.15, -0.1) is 0 Å². The molecule has 0 radical (unpaired) electrons. The fourth-order valence-electron chi connectivity index (χ4n) is 4.73. The van der Waals surface area contributed by atoms with Gasteiger partial charge in [0.15, 0.2) is 0 Å². The SMILES string of the molecule is O=C(CN1c2cccc3cccc(c23)S1(=O)=O)NCC1(c2cccc(Cl)c2)CCOCC1. The highest BCUT2D eigenvalue weighted by atomic mass is 35.5. The maximum absolute atomic E-state index is 13.1. The molecule has 5 rings (SSSR count). The molecular formula is C24H23ClN2O4S. The van der Waals surface area contributed by atoms with Gasteiger partial charge in [-0.2, -0.15) is 0 Å². The minimum atomic E-state index is -3.77. The number of hydrogen-bond acceptors (Lipinski definition) is 4. The van der Waals surface area contributed by atoms with Crippen LogP contribution in [0.2, 0.25) is 5.02 Å². The Balaban J connectivity index is 1.37. The van der Waals surface area contributed by atoms with E-state index >= 15 is 0 Å². The molecule has 2 heterocycles. The maximum atomic E-state index is 13.1. The summed E-state index contributed by atoms with van der Waals surface area (Å²) in [4.78, 5) is 13.2. The molecule has 3 aromatic rings. The average Bonchev–Trinajstić information content (AvgIpc) is 3.02. The van der Waals surface area contributed by atoms with Crippen molar-refractivity contribution < 1.29 is 17.9 Å². The van der Waals surface area contributed by atoms with Gasteiger partial charge in [0, 0.05) is 35.6 Å². The first-order chi connectivity index (χ1) is 15.4. The molecule has 6 nitrogen and oxygen atoms in total. The fraction of sp³-hybridized carbons (Fsp3) is 0.292. The Bertz CT molecular complexity index is 1300. The molecule has 1 saturated heterocycles. The Morgan fingerprint density at radius 1 is 1.06 bits per heavy atom. The van der Waals surface area contributed by atoms with Gasteiger partial charge < -0.3 is 10.1 Å². The predicted molar refractivity (Wildman–Crippen MR) is 125 cm³/mol.